The second-order valence-electron chi connectivity index (χ2n) is 6.72. The van der Waals surface area contributed by atoms with Crippen LogP contribution in [0.4, 0.5) is 0 Å². The Morgan fingerprint density at radius 3 is 2.67 bits per heavy atom. The molecule has 18 heavy (non-hydrogen) atoms. The van der Waals surface area contributed by atoms with Crippen molar-refractivity contribution in [2.75, 3.05) is 0 Å². The minimum atomic E-state index is 0.551. The van der Waals surface area contributed by atoms with Gasteiger partial charge >= 0.3 is 0 Å². The molecule has 1 fully saturated rings. The molecule has 3 aliphatic rings. The van der Waals surface area contributed by atoms with E-state index in [9.17, 15) is 0 Å². The van der Waals surface area contributed by atoms with Crippen molar-refractivity contribution < 1.29 is 0 Å². The molecular formula is C17H23N. The van der Waals surface area contributed by atoms with Crippen LogP contribution in [0.5, 0.6) is 0 Å². The highest BCUT2D eigenvalue weighted by atomic mass is 14.8. The molecule has 1 atom stereocenters. The Balaban J connectivity index is 1.95. The van der Waals surface area contributed by atoms with E-state index in [0.29, 0.717) is 5.41 Å². The molecule has 0 radical (unpaired) electrons. The van der Waals surface area contributed by atoms with Crippen molar-refractivity contribution in [2.24, 2.45) is 0 Å². The molecule has 4 rings (SSSR count). The van der Waals surface area contributed by atoms with Gasteiger partial charge in [-0.3, -0.25) is 4.98 Å². The van der Waals surface area contributed by atoms with Crippen molar-refractivity contribution in [1.29, 1.82) is 0 Å². The molecule has 0 amide bonds. The minimum absolute atomic E-state index is 0.551. The zero-order valence-electron chi connectivity index (χ0n) is 11.7. The van der Waals surface area contributed by atoms with Crippen LogP contribution in [0.2, 0.25) is 0 Å². The maximum Gasteiger partial charge on any atom is 0.0503 e. The van der Waals surface area contributed by atoms with Gasteiger partial charge in [0, 0.05) is 11.1 Å². The minimum Gasteiger partial charge on any atom is -0.257 e. The summed E-state index contributed by atoms with van der Waals surface area (Å²) in [7, 11) is 0. The molecule has 0 N–H and O–H groups in total. The van der Waals surface area contributed by atoms with Crippen molar-refractivity contribution in [1.82, 2.24) is 4.98 Å². The summed E-state index contributed by atoms with van der Waals surface area (Å²) < 4.78 is 0. The van der Waals surface area contributed by atoms with Crippen LogP contribution in [0, 0.1) is 0 Å². The van der Waals surface area contributed by atoms with Crippen molar-refractivity contribution >= 4 is 0 Å². The lowest BCUT2D eigenvalue weighted by molar-refractivity contribution is 0.661. The monoisotopic (exact) mass is 241 g/mol. The van der Waals surface area contributed by atoms with Crippen molar-refractivity contribution in [2.45, 2.75) is 76.5 Å². The normalized spacial score (nSPS) is 24.1. The fourth-order valence-electron chi connectivity index (χ4n) is 4.26. The third kappa shape index (κ3) is 1.31. The second-order valence-corrected chi connectivity index (χ2v) is 6.72. The Kier molecular flexibility index (Phi) is 2.19. The average Bonchev–Trinajstić information content (AvgIpc) is 2.87. The van der Waals surface area contributed by atoms with Gasteiger partial charge in [0.2, 0.25) is 0 Å². The zero-order chi connectivity index (χ0) is 12.3. The van der Waals surface area contributed by atoms with Gasteiger partial charge in [-0.2, -0.15) is 0 Å². The van der Waals surface area contributed by atoms with E-state index in [0.717, 1.165) is 5.92 Å². The summed E-state index contributed by atoms with van der Waals surface area (Å²) in [5.41, 5.74) is 8.63. The third-order valence-electron chi connectivity index (χ3n) is 5.69. The first-order valence-corrected chi connectivity index (χ1v) is 7.80. The first-order chi connectivity index (χ1) is 8.75. The van der Waals surface area contributed by atoms with Crippen LogP contribution in [0.1, 0.15) is 79.9 Å². The highest BCUT2D eigenvalue weighted by Crippen LogP contribution is 2.57. The molecule has 1 aromatic heterocycles. The molecule has 0 bridgehead atoms. The molecule has 1 nitrogen and oxygen atoms in total. The lowest BCUT2D eigenvalue weighted by Gasteiger charge is -2.20. The highest BCUT2D eigenvalue weighted by Gasteiger charge is 2.51. The molecule has 3 aliphatic carbocycles. The quantitative estimate of drug-likeness (QED) is 0.761. The van der Waals surface area contributed by atoms with E-state index in [-0.39, 0.29) is 0 Å². The molecule has 0 aromatic carbocycles. The van der Waals surface area contributed by atoms with Crippen LogP contribution in [-0.2, 0) is 24.7 Å². The molecule has 1 saturated carbocycles. The number of hydrogen-bond donors (Lipinski definition) is 0. The lowest BCUT2D eigenvalue weighted by Crippen LogP contribution is -2.10. The zero-order valence-corrected chi connectivity index (χ0v) is 11.7. The fourth-order valence-corrected chi connectivity index (χ4v) is 4.26. The third-order valence-corrected chi connectivity index (χ3v) is 5.69. The van der Waals surface area contributed by atoms with E-state index in [1.165, 1.54) is 57.1 Å². The maximum absolute atomic E-state index is 5.13. The van der Waals surface area contributed by atoms with Gasteiger partial charge in [-0.05, 0) is 74.0 Å². The Labute approximate surface area is 110 Å². The van der Waals surface area contributed by atoms with E-state index in [1.807, 2.05) is 0 Å². The number of aryl methyl sites for hydroxylation is 1. The fraction of sp³-hybridized carbons (Fsp3) is 0.706. The highest BCUT2D eigenvalue weighted by molar-refractivity contribution is 5.51. The summed E-state index contributed by atoms with van der Waals surface area (Å²) in [5.74, 6) is 0.738. The average molecular weight is 241 g/mol. The molecule has 1 aromatic rings. The summed E-state index contributed by atoms with van der Waals surface area (Å²) in [6.45, 7) is 4.76. The van der Waals surface area contributed by atoms with Crippen LogP contribution >= 0.6 is 0 Å². The maximum atomic E-state index is 5.13. The van der Waals surface area contributed by atoms with E-state index in [1.54, 1.807) is 22.4 Å². The van der Waals surface area contributed by atoms with Gasteiger partial charge in [-0.15, -0.1) is 0 Å². The SMILES string of the molecule is CCC(C)c1c2c(nc3c1CCC31CC1)CCC2. The number of hydrogen-bond acceptors (Lipinski definition) is 1. The number of rotatable bonds is 2. The number of aromatic nitrogens is 1. The molecule has 0 saturated heterocycles. The van der Waals surface area contributed by atoms with Crippen LogP contribution in [-0.4, -0.2) is 4.98 Å². The number of pyridine rings is 1. The molecular weight excluding hydrogens is 218 g/mol. The van der Waals surface area contributed by atoms with Crippen molar-refractivity contribution in [3.63, 3.8) is 0 Å². The molecule has 0 aliphatic heterocycles. The summed E-state index contributed by atoms with van der Waals surface area (Å²) in [6, 6.07) is 0. The topological polar surface area (TPSA) is 12.9 Å². The summed E-state index contributed by atoms with van der Waals surface area (Å²) in [5, 5.41) is 0. The summed E-state index contributed by atoms with van der Waals surface area (Å²) >= 11 is 0. The van der Waals surface area contributed by atoms with Crippen LogP contribution in [0.3, 0.4) is 0 Å². The predicted octanol–water partition coefficient (Wildman–Crippen LogP) is 4.06. The van der Waals surface area contributed by atoms with E-state index in [4.69, 9.17) is 4.98 Å². The van der Waals surface area contributed by atoms with Crippen molar-refractivity contribution in [3.05, 3.63) is 28.1 Å². The molecule has 1 unspecified atom stereocenters. The first kappa shape index (κ1) is 11.0. The number of nitrogens with zero attached hydrogens (tertiary/aromatic N) is 1. The molecule has 1 spiro atoms. The Morgan fingerprint density at radius 1 is 1.11 bits per heavy atom. The molecule has 96 valence electrons. The van der Waals surface area contributed by atoms with Gasteiger partial charge in [0.1, 0.15) is 0 Å². The first-order valence-electron chi connectivity index (χ1n) is 7.80. The Morgan fingerprint density at radius 2 is 1.94 bits per heavy atom. The van der Waals surface area contributed by atoms with Gasteiger partial charge in [-0.25, -0.2) is 0 Å². The second kappa shape index (κ2) is 3.59. The van der Waals surface area contributed by atoms with Crippen molar-refractivity contribution in [3.8, 4) is 0 Å². The standard InChI is InChI=1S/C17H23N/c1-3-11(2)15-12-5-4-6-14(12)18-16-13(15)7-8-17(16)9-10-17/h11H,3-10H2,1-2H3. The number of fused-ring (bicyclic) bond motifs is 3. The largest absolute Gasteiger partial charge is 0.257 e. The Bertz CT molecular complexity index is 511. The van der Waals surface area contributed by atoms with E-state index < -0.39 is 0 Å². The Hall–Kier alpha value is -0.850. The van der Waals surface area contributed by atoms with E-state index in [2.05, 4.69) is 13.8 Å². The van der Waals surface area contributed by atoms with Gasteiger partial charge < -0.3 is 0 Å². The van der Waals surface area contributed by atoms with Gasteiger partial charge in [0.15, 0.2) is 0 Å². The lowest BCUT2D eigenvalue weighted by atomic mass is 9.88. The van der Waals surface area contributed by atoms with Crippen LogP contribution in [0.25, 0.3) is 0 Å². The predicted molar refractivity (Wildman–Crippen MR) is 74.2 cm³/mol. The molecule has 1 heteroatoms. The summed E-state index contributed by atoms with van der Waals surface area (Å²) in [6.07, 6.45) is 10.7. The van der Waals surface area contributed by atoms with Gasteiger partial charge in [0.05, 0.1) is 5.69 Å². The van der Waals surface area contributed by atoms with Crippen LogP contribution in [0.15, 0.2) is 0 Å². The van der Waals surface area contributed by atoms with Gasteiger partial charge in [0.25, 0.3) is 0 Å². The summed E-state index contributed by atoms with van der Waals surface area (Å²) in [4.78, 5) is 5.13. The van der Waals surface area contributed by atoms with Gasteiger partial charge in [-0.1, -0.05) is 13.8 Å². The van der Waals surface area contributed by atoms with E-state index >= 15 is 0 Å². The smallest absolute Gasteiger partial charge is 0.0503 e. The molecule has 1 heterocycles. The van der Waals surface area contributed by atoms with Crippen LogP contribution < -0.4 is 0 Å².